The predicted molar refractivity (Wildman–Crippen MR) is 66.5 cm³/mol. The van der Waals surface area contributed by atoms with Gasteiger partial charge in [0.2, 0.25) is 5.91 Å². The minimum absolute atomic E-state index is 0.102. The van der Waals surface area contributed by atoms with Crippen LogP contribution in [0.4, 0.5) is 0 Å². The van der Waals surface area contributed by atoms with Crippen LogP contribution in [0.1, 0.15) is 46.5 Å². The number of carboxylic acids is 1. The Morgan fingerprint density at radius 2 is 1.94 bits per heavy atom. The molecule has 0 saturated carbocycles. The van der Waals surface area contributed by atoms with Crippen LogP contribution in [-0.2, 0) is 9.59 Å². The van der Waals surface area contributed by atoms with E-state index in [0.29, 0.717) is 12.8 Å². The number of rotatable bonds is 8. The van der Waals surface area contributed by atoms with E-state index in [1.165, 1.54) is 0 Å². The minimum atomic E-state index is -1.00. The minimum Gasteiger partial charge on any atom is -0.480 e. The van der Waals surface area contributed by atoms with Crippen molar-refractivity contribution in [3.8, 4) is 0 Å². The Morgan fingerprint density at radius 3 is 2.35 bits per heavy atom. The highest BCUT2D eigenvalue weighted by Gasteiger charge is 2.27. The van der Waals surface area contributed by atoms with Crippen molar-refractivity contribution < 1.29 is 14.7 Å². The second-order valence-corrected chi connectivity index (χ2v) is 4.46. The molecule has 1 unspecified atom stereocenters. The number of nitrogens with two attached hydrogens (primary N) is 1. The molecule has 0 aliphatic heterocycles. The molecule has 1 amide bonds. The van der Waals surface area contributed by atoms with E-state index in [1.54, 1.807) is 6.92 Å². The van der Waals surface area contributed by atoms with E-state index in [4.69, 9.17) is 10.8 Å². The highest BCUT2D eigenvalue weighted by atomic mass is 16.4. The van der Waals surface area contributed by atoms with Gasteiger partial charge in [-0.1, -0.05) is 40.0 Å². The van der Waals surface area contributed by atoms with E-state index in [0.717, 1.165) is 12.8 Å². The average Bonchev–Trinajstić information content (AvgIpc) is 2.31. The second kappa shape index (κ2) is 8.06. The predicted octanol–water partition coefficient (Wildman–Crippen LogP) is 1.12. The number of nitrogens with one attached hydrogen (secondary N) is 1. The maximum absolute atomic E-state index is 11.7. The molecule has 0 spiro atoms. The fraction of sp³-hybridized carbons (Fsp3) is 0.833. The quantitative estimate of drug-likeness (QED) is 0.596. The summed E-state index contributed by atoms with van der Waals surface area (Å²) in [6, 6.07) is -1.46. The van der Waals surface area contributed by atoms with Gasteiger partial charge in [0.25, 0.3) is 0 Å². The molecule has 5 nitrogen and oxygen atoms in total. The van der Waals surface area contributed by atoms with Crippen LogP contribution in [0.5, 0.6) is 0 Å². The van der Waals surface area contributed by atoms with Crippen LogP contribution in [0.3, 0.4) is 0 Å². The van der Waals surface area contributed by atoms with Gasteiger partial charge < -0.3 is 16.2 Å². The molecule has 17 heavy (non-hydrogen) atoms. The van der Waals surface area contributed by atoms with Gasteiger partial charge in [-0.05, 0) is 12.3 Å². The molecule has 4 N–H and O–H groups in total. The third-order valence-corrected chi connectivity index (χ3v) is 2.98. The Bertz CT molecular complexity index is 256. The summed E-state index contributed by atoms with van der Waals surface area (Å²) in [4.78, 5) is 22.7. The normalized spacial score (nSPS) is 16.0. The summed E-state index contributed by atoms with van der Waals surface area (Å²) in [6.07, 6.45) is 3.13. The smallest absolute Gasteiger partial charge is 0.326 e. The van der Waals surface area contributed by atoms with Crippen LogP contribution in [0.25, 0.3) is 0 Å². The molecule has 0 aliphatic carbocycles. The zero-order valence-electron chi connectivity index (χ0n) is 10.9. The molecule has 0 aromatic carbocycles. The zero-order valence-corrected chi connectivity index (χ0v) is 10.9. The van der Waals surface area contributed by atoms with Gasteiger partial charge in [0.15, 0.2) is 0 Å². The average molecular weight is 244 g/mol. The number of amides is 1. The Morgan fingerprint density at radius 1 is 1.35 bits per heavy atom. The lowest BCUT2D eigenvalue weighted by atomic mass is 9.98. The molecule has 100 valence electrons. The molecular weight excluding hydrogens is 220 g/mol. The summed E-state index contributed by atoms with van der Waals surface area (Å²) in [5.74, 6) is -1.48. The van der Waals surface area contributed by atoms with Crippen molar-refractivity contribution in [3.05, 3.63) is 0 Å². The van der Waals surface area contributed by atoms with Crippen molar-refractivity contribution in [2.45, 2.75) is 58.5 Å². The number of carbonyl (C=O) groups is 2. The number of unbranched alkanes of at least 4 members (excludes halogenated alkanes) is 1. The van der Waals surface area contributed by atoms with Gasteiger partial charge in [-0.25, -0.2) is 4.79 Å². The second-order valence-electron chi connectivity index (χ2n) is 4.46. The molecule has 0 bridgehead atoms. The van der Waals surface area contributed by atoms with Crippen LogP contribution >= 0.6 is 0 Å². The topological polar surface area (TPSA) is 92.4 Å². The van der Waals surface area contributed by atoms with Crippen LogP contribution in [-0.4, -0.2) is 29.1 Å². The lowest BCUT2D eigenvalue weighted by Crippen LogP contribution is -2.50. The van der Waals surface area contributed by atoms with Crippen molar-refractivity contribution in [2.24, 2.45) is 11.7 Å². The number of hydrogen-bond donors (Lipinski definition) is 3. The van der Waals surface area contributed by atoms with Crippen molar-refractivity contribution in [1.29, 1.82) is 0 Å². The van der Waals surface area contributed by atoms with Crippen molar-refractivity contribution in [3.63, 3.8) is 0 Å². The lowest BCUT2D eigenvalue weighted by molar-refractivity contribution is -0.143. The van der Waals surface area contributed by atoms with E-state index in [9.17, 15) is 9.59 Å². The number of aliphatic carboxylic acids is 1. The molecule has 0 fully saturated rings. The van der Waals surface area contributed by atoms with Crippen molar-refractivity contribution in [2.75, 3.05) is 0 Å². The van der Waals surface area contributed by atoms with Crippen molar-refractivity contribution >= 4 is 11.9 Å². The van der Waals surface area contributed by atoms with Gasteiger partial charge in [-0.15, -0.1) is 0 Å². The number of hydrogen-bond acceptors (Lipinski definition) is 3. The molecule has 0 rings (SSSR count). The van der Waals surface area contributed by atoms with Crippen LogP contribution < -0.4 is 11.1 Å². The first-order valence-corrected chi connectivity index (χ1v) is 6.22. The van der Waals surface area contributed by atoms with E-state index in [1.807, 2.05) is 13.8 Å². The first kappa shape index (κ1) is 15.9. The molecule has 0 aromatic heterocycles. The van der Waals surface area contributed by atoms with E-state index < -0.39 is 18.1 Å². The van der Waals surface area contributed by atoms with Gasteiger partial charge in [0.1, 0.15) is 6.04 Å². The zero-order chi connectivity index (χ0) is 13.4. The number of carboxylic acid groups (broad SMARTS) is 1. The molecule has 5 heteroatoms. The number of carbonyl (C=O) groups excluding carboxylic acids is 1. The van der Waals surface area contributed by atoms with Gasteiger partial charge >= 0.3 is 5.97 Å². The first-order valence-electron chi connectivity index (χ1n) is 6.22. The Labute approximate surface area is 103 Å². The Balaban J connectivity index is 4.35. The van der Waals surface area contributed by atoms with E-state index in [-0.39, 0.29) is 11.8 Å². The largest absolute Gasteiger partial charge is 0.480 e. The third-order valence-electron chi connectivity index (χ3n) is 2.98. The molecule has 3 atom stereocenters. The molecule has 0 saturated heterocycles. The monoisotopic (exact) mass is 244 g/mol. The van der Waals surface area contributed by atoms with Crippen LogP contribution in [0, 0.1) is 5.92 Å². The molecule has 0 aromatic rings. The fourth-order valence-electron chi connectivity index (χ4n) is 1.50. The highest BCUT2D eigenvalue weighted by Crippen LogP contribution is 2.08. The summed E-state index contributed by atoms with van der Waals surface area (Å²) >= 11 is 0. The maximum atomic E-state index is 11.7. The fourth-order valence-corrected chi connectivity index (χ4v) is 1.50. The SMILES string of the molecule is CCCC[C@H](N)C(=O)N[C@H](C(=O)O)C(C)CC. The van der Waals surface area contributed by atoms with Crippen LogP contribution in [0.15, 0.2) is 0 Å². The first-order chi connectivity index (χ1) is 7.93. The Kier molecular flexibility index (Phi) is 7.54. The van der Waals surface area contributed by atoms with Gasteiger partial charge in [-0.3, -0.25) is 4.79 Å². The Hall–Kier alpha value is -1.10. The molecule has 0 aliphatic rings. The highest BCUT2D eigenvalue weighted by molar-refractivity contribution is 5.86. The summed E-state index contributed by atoms with van der Waals surface area (Å²) in [7, 11) is 0. The summed E-state index contributed by atoms with van der Waals surface area (Å²) in [5, 5.41) is 11.5. The molecule has 0 heterocycles. The van der Waals surface area contributed by atoms with Gasteiger partial charge in [0.05, 0.1) is 6.04 Å². The molecule has 0 radical (unpaired) electrons. The van der Waals surface area contributed by atoms with Crippen molar-refractivity contribution in [1.82, 2.24) is 5.32 Å². The van der Waals surface area contributed by atoms with Gasteiger partial charge in [-0.2, -0.15) is 0 Å². The van der Waals surface area contributed by atoms with E-state index >= 15 is 0 Å². The summed E-state index contributed by atoms with van der Waals surface area (Å²) in [5.41, 5.74) is 5.69. The standard InChI is InChI=1S/C12H24N2O3/c1-4-6-7-9(13)11(15)14-10(12(16)17)8(3)5-2/h8-10H,4-7,13H2,1-3H3,(H,14,15)(H,16,17)/t8?,9-,10-/m0/s1. The van der Waals surface area contributed by atoms with Gasteiger partial charge in [0, 0.05) is 0 Å². The summed E-state index contributed by atoms with van der Waals surface area (Å²) in [6.45, 7) is 5.71. The third kappa shape index (κ3) is 5.68. The maximum Gasteiger partial charge on any atom is 0.326 e. The van der Waals surface area contributed by atoms with E-state index in [2.05, 4.69) is 5.32 Å². The lowest BCUT2D eigenvalue weighted by Gasteiger charge is -2.22. The molecular formula is C12H24N2O3. The van der Waals surface area contributed by atoms with Crippen LogP contribution in [0.2, 0.25) is 0 Å². The summed E-state index contributed by atoms with van der Waals surface area (Å²) < 4.78 is 0.